The number of ether oxygens (including phenoxy) is 1. The first-order valence-corrected chi connectivity index (χ1v) is 5.35. The lowest BCUT2D eigenvalue weighted by molar-refractivity contribution is 0.268. The third-order valence-corrected chi connectivity index (χ3v) is 2.35. The van der Waals surface area contributed by atoms with E-state index < -0.39 is 6.04 Å². The highest BCUT2D eigenvalue weighted by Gasteiger charge is 2.08. The largest absolute Gasteiger partial charge is 0.488 e. The van der Waals surface area contributed by atoms with Crippen molar-refractivity contribution in [3.05, 3.63) is 40.9 Å². The standard InChI is InChI=1S/C12H16ClNO2/c1-8(2)7-16-12-4-3-9(5-10(12)13)11(14)6-15/h3-5,11,15H,1,6-7,14H2,2H3. The van der Waals surface area contributed by atoms with Gasteiger partial charge in [0.2, 0.25) is 0 Å². The summed E-state index contributed by atoms with van der Waals surface area (Å²) in [6.07, 6.45) is 0. The molecular weight excluding hydrogens is 226 g/mol. The van der Waals surface area contributed by atoms with Gasteiger partial charge in [0.05, 0.1) is 17.7 Å². The first kappa shape index (κ1) is 13.0. The molecule has 1 unspecified atom stereocenters. The van der Waals surface area contributed by atoms with Crippen molar-refractivity contribution >= 4 is 11.6 Å². The highest BCUT2D eigenvalue weighted by molar-refractivity contribution is 6.32. The Hall–Kier alpha value is -1.03. The van der Waals surface area contributed by atoms with E-state index in [1.807, 2.05) is 6.92 Å². The van der Waals surface area contributed by atoms with Gasteiger partial charge in [-0.15, -0.1) is 0 Å². The fourth-order valence-electron chi connectivity index (χ4n) is 1.17. The summed E-state index contributed by atoms with van der Waals surface area (Å²) in [7, 11) is 0. The topological polar surface area (TPSA) is 55.5 Å². The number of hydrogen-bond donors (Lipinski definition) is 2. The van der Waals surface area contributed by atoms with E-state index in [2.05, 4.69) is 6.58 Å². The molecule has 0 saturated carbocycles. The molecular formula is C12H16ClNO2. The zero-order valence-corrected chi connectivity index (χ0v) is 10.00. The van der Waals surface area contributed by atoms with Crippen molar-refractivity contribution in [1.82, 2.24) is 0 Å². The maximum absolute atomic E-state index is 8.91. The Balaban J connectivity index is 2.79. The molecule has 4 heteroatoms. The van der Waals surface area contributed by atoms with Gasteiger partial charge in [-0.1, -0.05) is 24.2 Å². The van der Waals surface area contributed by atoms with Crippen molar-refractivity contribution in [3.8, 4) is 5.75 Å². The monoisotopic (exact) mass is 241 g/mol. The lowest BCUT2D eigenvalue weighted by Crippen LogP contribution is -2.14. The van der Waals surface area contributed by atoms with Gasteiger partial charge in [0.1, 0.15) is 12.4 Å². The maximum Gasteiger partial charge on any atom is 0.138 e. The van der Waals surface area contributed by atoms with Crippen LogP contribution in [0.25, 0.3) is 0 Å². The van der Waals surface area contributed by atoms with Crippen molar-refractivity contribution in [2.75, 3.05) is 13.2 Å². The molecule has 1 aromatic rings. The highest BCUT2D eigenvalue weighted by Crippen LogP contribution is 2.27. The van der Waals surface area contributed by atoms with Gasteiger partial charge in [-0.3, -0.25) is 0 Å². The quantitative estimate of drug-likeness (QED) is 0.778. The van der Waals surface area contributed by atoms with Gasteiger partial charge in [0.25, 0.3) is 0 Å². The molecule has 0 aliphatic heterocycles. The average molecular weight is 242 g/mol. The first-order valence-electron chi connectivity index (χ1n) is 4.97. The maximum atomic E-state index is 8.91. The number of benzene rings is 1. The summed E-state index contributed by atoms with van der Waals surface area (Å²) in [6, 6.07) is 4.83. The van der Waals surface area contributed by atoms with Crippen LogP contribution in [0.4, 0.5) is 0 Å². The van der Waals surface area contributed by atoms with Crippen LogP contribution >= 0.6 is 11.6 Å². The minimum atomic E-state index is -0.410. The van der Waals surface area contributed by atoms with Gasteiger partial charge in [-0.2, -0.15) is 0 Å². The van der Waals surface area contributed by atoms with E-state index in [9.17, 15) is 0 Å². The summed E-state index contributed by atoms with van der Waals surface area (Å²) in [6.45, 7) is 5.94. The van der Waals surface area contributed by atoms with Crippen molar-refractivity contribution in [2.24, 2.45) is 5.73 Å². The molecule has 1 rings (SSSR count). The van der Waals surface area contributed by atoms with E-state index in [0.717, 1.165) is 11.1 Å². The number of aliphatic hydroxyl groups excluding tert-OH is 1. The number of halogens is 1. The second-order valence-electron chi connectivity index (χ2n) is 3.72. The molecule has 0 bridgehead atoms. The summed E-state index contributed by atoms with van der Waals surface area (Å²) >= 11 is 6.02. The van der Waals surface area contributed by atoms with Gasteiger partial charge in [0, 0.05) is 0 Å². The smallest absolute Gasteiger partial charge is 0.138 e. The van der Waals surface area contributed by atoms with E-state index >= 15 is 0 Å². The Bertz CT molecular complexity index is 379. The lowest BCUT2D eigenvalue weighted by Gasteiger charge is -2.12. The third-order valence-electron chi connectivity index (χ3n) is 2.05. The van der Waals surface area contributed by atoms with Gasteiger partial charge in [0.15, 0.2) is 0 Å². The third kappa shape index (κ3) is 3.52. The van der Waals surface area contributed by atoms with E-state index in [4.69, 9.17) is 27.2 Å². The number of aliphatic hydroxyl groups is 1. The summed E-state index contributed by atoms with van der Waals surface area (Å²) < 4.78 is 5.43. The van der Waals surface area contributed by atoms with E-state index in [1.54, 1.807) is 18.2 Å². The highest BCUT2D eigenvalue weighted by atomic mass is 35.5. The molecule has 0 amide bonds. The van der Waals surface area contributed by atoms with Crippen molar-refractivity contribution < 1.29 is 9.84 Å². The molecule has 0 fully saturated rings. The minimum Gasteiger partial charge on any atom is -0.488 e. The Morgan fingerprint density at radius 3 is 2.81 bits per heavy atom. The van der Waals surface area contributed by atoms with Crippen LogP contribution in [0.1, 0.15) is 18.5 Å². The summed E-state index contributed by atoms with van der Waals surface area (Å²) in [5.74, 6) is 0.596. The fourth-order valence-corrected chi connectivity index (χ4v) is 1.41. The molecule has 1 atom stereocenters. The van der Waals surface area contributed by atoms with E-state index in [-0.39, 0.29) is 6.61 Å². The zero-order chi connectivity index (χ0) is 12.1. The van der Waals surface area contributed by atoms with Crippen LogP contribution in [0, 0.1) is 0 Å². The Labute approximate surface area is 100 Å². The normalized spacial score (nSPS) is 12.2. The van der Waals surface area contributed by atoms with Gasteiger partial charge in [-0.25, -0.2) is 0 Å². The second-order valence-corrected chi connectivity index (χ2v) is 4.13. The molecule has 16 heavy (non-hydrogen) atoms. The number of nitrogens with two attached hydrogens (primary N) is 1. The summed E-state index contributed by atoms with van der Waals surface area (Å²) in [5.41, 5.74) is 7.38. The van der Waals surface area contributed by atoms with Crippen LogP contribution in [0.15, 0.2) is 30.4 Å². The van der Waals surface area contributed by atoms with Crippen molar-refractivity contribution in [3.63, 3.8) is 0 Å². The molecule has 0 saturated heterocycles. The summed E-state index contributed by atoms with van der Waals surface area (Å²) in [5, 5.41) is 9.40. The van der Waals surface area contributed by atoms with Gasteiger partial charge >= 0.3 is 0 Å². The first-order chi connectivity index (χ1) is 7.54. The van der Waals surface area contributed by atoms with Crippen LogP contribution in [0.3, 0.4) is 0 Å². The van der Waals surface area contributed by atoms with E-state index in [0.29, 0.717) is 17.4 Å². The zero-order valence-electron chi connectivity index (χ0n) is 9.24. The predicted molar refractivity (Wildman–Crippen MR) is 65.8 cm³/mol. The molecule has 0 aliphatic rings. The van der Waals surface area contributed by atoms with Crippen LogP contribution in [0.5, 0.6) is 5.75 Å². The molecule has 0 aromatic heterocycles. The molecule has 0 aliphatic carbocycles. The Morgan fingerprint density at radius 1 is 1.62 bits per heavy atom. The molecule has 88 valence electrons. The number of hydrogen-bond acceptors (Lipinski definition) is 3. The SMILES string of the molecule is C=C(C)COc1ccc(C(N)CO)cc1Cl. The molecule has 1 aromatic carbocycles. The number of rotatable bonds is 5. The minimum absolute atomic E-state index is 0.109. The predicted octanol–water partition coefficient (Wildman–Crippen LogP) is 2.29. The van der Waals surface area contributed by atoms with Crippen LogP contribution in [-0.2, 0) is 0 Å². The Morgan fingerprint density at radius 2 is 2.31 bits per heavy atom. The van der Waals surface area contributed by atoms with Gasteiger partial charge in [-0.05, 0) is 30.2 Å². The Kier molecular flexibility index (Phi) is 4.80. The van der Waals surface area contributed by atoms with Crippen LogP contribution in [0.2, 0.25) is 5.02 Å². The molecule has 3 nitrogen and oxygen atoms in total. The molecule has 0 radical (unpaired) electrons. The van der Waals surface area contributed by atoms with Crippen molar-refractivity contribution in [1.29, 1.82) is 0 Å². The average Bonchev–Trinajstić information content (AvgIpc) is 2.26. The lowest BCUT2D eigenvalue weighted by atomic mass is 10.1. The fraction of sp³-hybridized carbons (Fsp3) is 0.333. The van der Waals surface area contributed by atoms with Gasteiger partial charge < -0.3 is 15.6 Å². The van der Waals surface area contributed by atoms with Crippen molar-refractivity contribution in [2.45, 2.75) is 13.0 Å². The molecule has 0 heterocycles. The van der Waals surface area contributed by atoms with Crippen LogP contribution in [-0.4, -0.2) is 18.3 Å². The molecule has 0 spiro atoms. The van der Waals surface area contributed by atoms with Crippen LogP contribution < -0.4 is 10.5 Å². The van der Waals surface area contributed by atoms with E-state index in [1.165, 1.54) is 0 Å². The second kappa shape index (κ2) is 5.89. The summed E-state index contributed by atoms with van der Waals surface area (Å²) in [4.78, 5) is 0. The molecule has 3 N–H and O–H groups in total.